The van der Waals surface area contributed by atoms with Crippen molar-refractivity contribution in [1.82, 2.24) is 10.2 Å². The van der Waals surface area contributed by atoms with Gasteiger partial charge in [0.05, 0.1) is 0 Å². The minimum atomic E-state index is -0.951. The van der Waals surface area contributed by atoms with Crippen molar-refractivity contribution in [2.45, 2.75) is 12.5 Å². The topological polar surface area (TPSA) is 52.6 Å². The molecule has 1 aliphatic rings. The van der Waals surface area contributed by atoms with Crippen LogP contribution < -0.4 is 5.32 Å². The van der Waals surface area contributed by atoms with Crippen molar-refractivity contribution in [3.63, 3.8) is 0 Å². The van der Waals surface area contributed by atoms with Gasteiger partial charge in [0.15, 0.2) is 0 Å². The molecule has 6 heteroatoms. The zero-order chi connectivity index (χ0) is 13.8. The number of carbonyl (C=O) groups is 1. The van der Waals surface area contributed by atoms with E-state index < -0.39 is 17.8 Å². The number of nitrogens with zero attached hydrogens (tertiary/aromatic N) is 1. The smallest absolute Gasteiger partial charge is 0.325 e. The van der Waals surface area contributed by atoms with E-state index >= 15 is 0 Å². The largest absolute Gasteiger partial charge is 0.480 e. The van der Waals surface area contributed by atoms with Gasteiger partial charge in [-0.25, -0.2) is 4.39 Å². The van der Waals surface area contributed by atoms with Crippen LogP contribution in [0.3, 0.4) is 0 Å². The molecule has 2 N–H and O–H groups in total. The van der Waals surface area contributed by atoms with Crippen LogP contribution in [0.1, 0.15) is 18.0 Å². The molecule has 1 unspecified atom stereocenters. The summed E-state index contributed by atoms with van der Waals surface area (Å²) in [6.45, 7) is 2.96. The lowest BCUT2D eigenvalue weighted by atomic mass is 10.0. The minimum absolute atomic E-state index is 0.419. The molecule has 0 spiro atoms. The summed E-state index contributed by atoms with van der Waals surface area (Å²) < 4.78 is 14.0. The molecule has 104 valence electrons. The first kappa shape index (κ1) is 14.4. The van der Waals surface area contributed by atoms with Crippen molar-refractivity contribution < 1.29 is 14.3 Å². The van der Waals surface area contributed by atoms with Crippen molar-refractivity contribution in [3.8, 4) is 0 Å². The van der Waals surface area contributed by atoms with Crippen molar-refractivity contribution >= 4 is 21.9 Å². The molecule has 2 rings (SSSR count). The summed E-state index contributed by atoms with van der Waals surface area (Å²) in [7, 11) is 0. The molecule has 19 heavy (non-hydrogen) atoms. The minimum Gasteiger partial charge on any atom is -0.480 e. The second-order valence-corrected chi connectivity index (χ2v) is 5.40. The van der Waals surface area contributed by atoms with Gasteiger partial charge < -0.3 is 10.4 Å². The number of benzene rings is 1. The summed E-state index contributed by atoms with van der Waals surface area (Å²) in [5, 5.41) is 12.7. The third-order valence-electron chi connectivity index (χ3n) is 3.23. The van der Waals surface area contributed by atoms with Gasteiger partial charge in [-0.05, 0) is 36.7 Å². The fourth-order valence-corrected chi connectivity index (χ4v) is 2.80. The van der Waals surface area contributed by atoms with E-state index in [2.05, 4.69) is 21.2 Å². The van der Waals surface area contributed by atoms with Gasteiger partial charge in [0, 0.05) is 24.1 Å². The standard InChI is InChI=1S/C13H16BrFN2O2/c14-11-3-2-9(15)8-10(11)12(13(18)19)17-6-1-4-16-5-7-17/h2-3,8,12,16H,1,4-7H2,(H,18,19). The summed E-state index contributed by atoms with van der Waals surface area (Å²) in [6, 6.07) is 3.35. The zero-order valence-corrected chi connectivity index (χ0v) is 12.0. The molecule has 0 aromatic heterocycles. The lowest BCUT2D eigenvalue weighted by Crippen LogP contribution is -2.37. The quantitative estimate of drug-likeness (QED) is 0.890. The second kappa shape index (κ2) is 6.45. The van der Waals surface area contributed by atoms with E-state index in [4.69, 9.17) is 0 Å². The normalized spacial score (nSPS) is 18.8. The van der Waals surface area contributed by atoms with Crippen molar-refractivity contribution in [3.05, 3.63) is 34.1 Å². The molecule has 0 bridgehead atoms. The average molecular weight is 331 g/mol. The molecule has 0 aliphatic carbocycles. The van der Waals surface area contributed by atoms with Gasteiger partial charge in [-0.1, -0.05) is 15.9 Å². The van der Waals surface area contributed by atoms with E-state index in [9.17, 15) is 14.3 Å². The van der Waals surface area contributed by atoms with Crippen LogP contribution in [0.4, 0.5) is 4.39 Å². The molecular formula is C13H16BrFN2O2. The highest BCUT2D eigenvalue weighted by Gasteiger charge is 2.29. The van der Waals surface area contributed by atoms with E-state index in [1.165, 1.54) is 12.1 Å². The number of rotatable bonds is 3. The van der Waals surface area contributed by atoms with Gasteiger partial charge in [-0.2, -0.15) is 0 Å². The molecule has 0 amide bonds. The van der Waals surface area contributed by atoms with Crippen LogP contribution in [0.15, 0.2) is 22.7 Å². The van der Waals surface area contributed by atoms with Crippen molar-refractivity contribution in [2.24, 2.45) is 0 Å². The van der Waals surface area contributed by atoms with Gasteiger partial charge >= 0.3 is 5.97 Å². The first-order chi connectivity index (χ1) is 9.09. The number of halogens is 2. The van der Waals surface area contributed by atoms with E-state index in [0.717, 1.165) is 19.5 Å². The summed E-state index contributed by atoms with van der Waals surface area (Å²) in [4.78, 5) is 13.4. The highest BCUT2D eigenvalue weighted by Crippen LogP contribution is 2.29. The van der Waals surface area contributed by atoms with Gasteiger partial charge in [-0.15, -0.1) is 0 Å². The Bertz CT molecular complexity index is 462. The number of hydrogen-bond acceptors (Lipinski definition) is 3. The predicted octanol–water partition coefficient (Wildman–Crippen LogP) is 2.01. The molecule has 1 saturated heterocycles. The third-order valence-corrected chi connectivity index (χ3v) is 3.95. The van der Waals surface area contributed by atoms with E-state index in [1.807, 2.05) is 4.90 Å². The van der Waals surface area contributed by atoms with Gasteiger partial charge in [0.1, 0.15) is 11.9 Å². The maximum absolute atomic E-state index is 13.4. The molecule has 1 aromatic carbocycles. The van der Waals surface area contributed by atoms with E-state index in [0.29, 0.717) is 23.1 Å². The predicted molar refractivity (Wildman–Crippen MR) is 73.5 cm³/mol. The van der Waals surface area contributed by atoms with Crippen LogP contribution >= 0.6 is 15.9 Å². The summed E-state index contributed by atoms with van der Waals surface area (Å²) in [5.41, 5.74) is 0.467. The molecule has 0 radical (unpaired) electrons. The number of carboxylic acid groups (broad SMARTS) is 1. The molecule has 1 heterocycles. The Morgan fingerprint density at radius 1 is 1.42 bits per heavy atom. The van der Waals surface area contributed by atoms with Gasteiger partial charge in [0.25, 0.3) is 0 Å². The Balaban J connectivity index is 2.33. The van der Waals surface area contributed by atoms with Crippen LogP contribution in [0.5, 0.6) is 0 Å². The van der Waals surface area contributed by atoms with Crippen LogP contribution in [0.2, 0.25) is 0 Å². The maximum Gasteiger partial charge on any atom is 0.325 e. The Hall–Kier alpha value is -0.980. The highest BCUT2D eigenvalue weighted by molar-refractivity contribution is 9.10. The molecule has 1 fully saturated rings. The first-order valence-corrected chi connectivity index (χ1v) is 7.01. The Kier molecular flexibility index (Phi) is 4.90. The lowest BCUT2D eigenvalue weighted by Gasteiger charge is -2.28. The van der Waals surface area contributed by atoms with Gasteiger partial charge in [-0.3, -0.25) is 9.69 Å². The Morgan fingerprint density at radius 2 is 2.21 bits per heavy atom. The highest BCUT2D eigenvalue weighted by atomic mass is 79.9. The second-order valence-electron chi connectivity index (χ2n) is 4.55. The molecule has 1 atom stereocenters. The van der Waals surface area contributed by atoms with E-state index in [1.54, 1.807) is 6.07 Å². The maximum atomic E-state index is 13.4. The zero-order valence-electron chi connectivity index (χ0n) is 10.4. The number of nitrogens with one attached hydrogen (secondary N) is 1. The lowest BCUT2D eigenvalue weighted by molar-refractivity contribution is -0.143. The number of carboxylic acids is 1. The Labute approximate surface area is 119 Å². The van der Waals surface area contributed by atoms with Crippen molar-refractivity contribution in [1.29, 1.82) is 0 Å². The van der Waals surface area contributed by atoms with E-state index in [-0.39, 0.29) is 0 Å². The van der Waals surface area contributed by atoms with Crippen LogP contribution in [0, 0.1) is 5.82 Å². The average Bonchev–Trinajstić information content (AvgIpc) is 2.62. The third kappa shape index (κ3) is 3.52. The fraction of sp³-hybridized carbons (Fsp3) is 0.462. The first-order valence-electron chi connectivity index (χ1n) is 6.22. The van der Waals surface area contributed by atoms with Crippen molar-refractivity contribution in [2.75, 3.05) is 26.2 Å². The molecule has 4 nitrogen and oxygen atoms in total. The SMILES string of the molecule is O=C(O)C(c1cc(F)ccc1Br)N1CCCNCC1. The van der Waals surface area contributed by atoms with Gasteiger partial charge in [0.2, 0.25) is 0 Å². The molecular weight excluding hydrogens is 315 g/mol. The number of aliphatic carboxylic acids is 1. The van der Waals surface area contributed by atoms with Crippen LogP contribution in [0.25, 0.3) is 0 Å². The summed E-state index contributed by atoms with van der Waals surface area (Å²) in [5.74, 6) is -1.37. The van der Waals surface area contributed by atoms with Crippen LogP contribution in [-0.2, 0) is 4.79 Å². The summed E-state index contributed by atoms with van der Waals surface area (Å²) >= 11 is 3.31. The molecule has 1 aromatic rings. The number of hydrogen-bond donors (Lipinski definition) is 2. The molecule has 0 saturated carbocycles. The van der Waals surface area contributed by atoms with Crippen LogP contribution in [-0.4, -0.2) is 42.2 Å². The monoisotopic (exact) mass is 330 g/mol. The fourth-order valence-electron chi connectivity index (χ4n) is 2.33. The molecule has 1 aliphatic heterocycles. The summed E-state index contributed by atoms with van der Waals surface area (Å²) in [6.07, 6.45) is 0.886. The Morgan fingerprint density at radius 3 is 2.95 bits per heavy atom.